The normalized spacial score (nSPS) is 14.7. The molecule has 34 heavy (non-hydrogen) atoms. The number of nitrogens with zero attached hydrogens (tertiary/aromatic N) is 2. The Morgan fingerprint density at radius 3 is 2.74 bits per heavy atom. The monoisotopic (exact) mass is 479 g/mol. The molecule has 1 atom stereocenters. The zero-order valence-corrected chi connectivity index (χ0v) is 20.1. The number of aromatic nitrogens is 1. The lowest BCUT2D eigenvalue weighted by Crippen LogP contribution is -2.20. The molecule has 0 spiro atoms. The lowest BCUT2D eigenvalue weighted by Gasteiger charge is -2.17. The molecule has 0 saturated carbocycles. The first-order valence-corrected chi connectivity index (χ1v) is 11.8. The number of anilines is 1. The van der Waals surface area contributed by atoms with Gasteiger partial charge in [0.05, 0.1) is 22.4 Å². The predicted molar refractivity (Wildman–Crippen MR) is 126 cm³/mol. The second kappa shape index (κ2) is 10.1. The Balaban J connectivity index is 1.30. The quantitative estimate of drug-likeness (QED) is 0.488. The minimum absolute atomic E-state index is 0.302. The number of thiophene rings is 1. The lowest BCUT2D eigenvalue weighted by molar-refractivity contribution is -0.119. The number of carbonyl (C=O) groups is 2. The number of hydrogen-bond acceptors (Lipinski definition) is 8. The molecule has 0 saturated heterocycles. The van der Waals surface area contributed by atoms with E-state index >= 15 is 0 Å². The largest absolute Gasteiger partial charge is 0.489 e. The molecule has 1 aliphatic rings. The first-order chi connectivity index (χ1) is 16.4. The Bertz CT molecular complexity index is 1230. The molecule has 0 bridgehead atoms. The number of rotatable bonds is 7. The molecule has 4 rings (SSSR count). The van der Waals surface area contributed by atoms with Crippen LogP contribution in [0.4, 0.5) is 5.00 Å². The van der Waals surface area contributed by atoms with Crippen LogP contribution in [0.25, 0.3) is 0 Å². The molecular formula is C25H25N3O5S. The van der Waals surface area contributed by atoms with Crippen molar-refractivity contribution in [1.82, 2.24) is 5.16 Å². The maximum atomic E-state index is 12.4. The summed E-state index contributed by atoms with van der Waals surface area (Å²) in [4.78, 5) is 25.9. The van der Waals surface area contributed by atoms with Crippen molar-refractivity contribution >= 4 is 28.2 Å². The predicted octanol–water partition coefficient (Wildman–Crippen LogP) is 4.72. The smallest absolute Gasteiger partial charge is 0.338 e. The van der Waals surface area contributed by atoms with Gasteiger partial charge in [-0.15, -0.1) is 11.3 Å². The van der Waals surface area contributed by atoms with E-state index in [-0.39, 0.29) is 0 Å². The Kier molecular flexibility index (Phi) is 6.98. The highest BCUT2D eigenvalue weighted by molar-refractivity contribution is 7.16. The number of amides is 1. The maximum absolute atomic E-state index is 12.4. The Labute approximate surface area is 201 Å². The van der Waals surface area contributed by atoms with Crippen molar-refractivity contribution in [2.45, 2.75) is 46.6 Å². The topological polar surface area (TPSA) is 114 Å². The molecule has 1 amide bonds. The van der Waals surface area contributed by atoms with Crippen LogP contribution in [0.3, 0.4) is 0 Å². The van der Waals surface area contributed by atoms with Gasteiger partial charge in [0.1, 0.15) is 29.2 Å². The van der Waals surface area contributed by atoms with Crippen LogP contribution in [0, 0.1) is 31.1 Å². The summed E-state index contributed by atoms with van der Waals surface area (Å²) in [6.07, 6.45) is 2.79. The zero-order valence-electron chi connectivity index (χ0n) is 19.3. The van der Waals surface area contributed by atoms with Crippen LogP contribution >= 0.6 is 11.3 Å². The SMILES string of the molecule is Cc1noc(C)c1COc1ccc(C(=O)OCC(=O)Nc2sc3c(c2C#N)CCC(C)C3)cc1. The summed E-state index contributed by atoms with van der Waals surface area (Å²) in [7, 11) is 0. The van der Waals surface area contributed by atoms with Gasteiger partial charge < -0.3 is 19.3 Å². The summed E-state index contributed by atoms with van der Waals surface area (Å²) < 4.78 is 16.0. The van der Waals surface area contributed by atoms with Gasteiger partial charge >= 0.3 is 5.97 Å². The maximum Gasteiger partial charge on any atom is 0.338 e. The third kappa shape index (κ3) is 5.13. The van der Waals surface area contributed by atoms with Gasteiger partial charge in [-0.25, -0.2) is 4.79 Å². The number of fused-ring (bicyclic) bond motifs is 1. The second-order valence-corrected chi connectivity index (χ2v) is 9.51. The summed E-state index contributed by atoms with van der Waals surface area (Å²) in [5.74, 6) is 0.752. The van der Waals surface area contributed by atoms with E-state index < -0.39 is 18.5 Å². The number of carbonyl (C=O) groups excluding carboxylic acids is 2. The summed E-state index contributed by atoms with van der Waals surface area (Å²) >= 11 is 1.44. The van der Waals surface area contributed by atoms with E-state index in [9.17, 15) is 14.9 Å². The van der Waals surface area contributed by atoms with E-state index in [1.54, 1.807) is 24.3 Å². The fourth-order valence-corrected chi connectivity index (χ4v) is 5.26. The number of aryl methyl sites for hydroxylation is 2. The molecule has 0 fully saturated rings. The number of ether oxygens (including phenoxy) is 2. The van der Waals surface area contributed by atoms with Crippen LogP contribution in [0.1, 0.15) is 56.7 Å². The molecule has 2 aromatic heterocycles. The van der Waals surface area contributed by atoms with Crippen LogP contribution in [-0.2, 0) is 29.0 Å². The third-order valence-corrected chi connectivity index (χ3v) is 7.03. The molecule has 3 aromatic rings. The van der Waals surface area contributed by atoms with Gasteiger partial charge in [0, 0.05) is 4.88 Å². The Morgan fingerprint density at radius 1 is 1.29 bits per heavy atom. The number of hydrogen-bond donors (Lipinski definition) is 1. The fourth-order valence-electron chi connectivity index (χ4n) is 3.88. The van der Waals surface area contributed by atoms with E-state index in [1.807, 2.05) is 13.8 Å². The van der Waals surface area contributed by atoms with E-state index in [2.05, 4.69) is 23.5 Å². The van der Waals surface area contributed by atoms with Crippen LogP contribution in [0.2, 0.25) is 0 Å². The highest BCUT2D eigenvalue weighted by Gasteiger charge is 2.25. The van der Waals surface area contributed by atoms with Crippen molar-refractivity contribution in [2.75, 3.05) is 11.9 Å². The molecule has 2 heterocycles. The van der Waals surface area contributed by atoms with Gasteiger partial charge in [-0.1, -0.05) is 12.1 Å². The van der Waals surface area contributed by atoms with Crippen LogP contribution in [0.15, 0.2) is 28.8 Å². The first kappa shape index (κ1) is 23.5. The van der Waals surface area contributed by atoms with Crippen molar-refractivity contribution in [3.05, 3.63) is 62.9 Å². The summed E-state index contributed by atoms with van der Waals surface area (Å²) in [5, 5.41) is 16.7. The molecule has 176 valence electrons. The first-order valence-electron chi connectivity index (χ1n) is 11.0. The number of esters is 1. The van der Waals surface area contributed by atoms with Gasteiger partial charge in [0.25, 0.3) is 5.91 Å². The molecule has 1 N–H and O–H groups in total. The molecule has 8 nitrogen and oxygen atoms in total. The number of nitriles is 1. The minimum atomic E-state index is -0.618. The average molecular weight is 480 g/mol. The van der Waals surface area contributed by atoms with Gasteiger partial charge in [0.15, 0.2) is 6.61 Å². The van der Waals surface area contributed by atoms with Gasteiger partial charge in [-0.3, -0.25) is 4.79 Å². The summed E-state index contributed by atoms with van der Waals surface area (Å²) in [6, 6.07) is 8.68. The molecule has 0 aliphatic heterocycles. The highest BCUT2D eigenvalue weighted by atomic mass is 32.1. The molecule has 9 heteroatoms. The van der Waals surface area contributed by atoms with Gasteiger partial charge in [-0.2, -0.15) is 5.26 Å². The molecular weight excluding hydrogens is 454 g/mol. The highest BCUT2D eigenvalue weighted by Crippen LogP contribution is 2.39. The Hall–Kier alpha value is -3.64. The van der Waals surface area contributed by atoms with E-state index in [1.165, 1.54) is 11.3 Å². The second-order valence-electron chi connectivity index (χ2n) is 8.41. The van der Waals surface area contributed by atoms with Crippen molar-refractivity contribution in [3.8, 4) is 11.8 Å². The third-order valence-electron chi connectivity index (χ3n) is 5.87. The zero-order chi connectivity index (χ0) is 24.2. The minimum Gasteiger partial charge on any atom is -0.489 e. The van der Waals surface area contributed by atoms with Crippen LogP contribution in [-0.4, -0.2) is 23.6 Å². The molecule has 1 aliphatic carbocycles. The molecule has 0 radical (unpaired) electrons. The van der Waals surface area contributed by atoms with E-state index in [0.29, 0.717) is 40.2 Å². The van der Waals surface area contributed by atoms with Crippen molar-refractivity contribution < 1.29 is 23.6 Å². The summed E-state index contributed by atoms with van der Waals surface area (Å²) in [5.41, 5.74) is 3.52. The fraction of sp³-hybridized carbons (Fsp3) is 0.360. The van der Waals surface area contributed by atoms with Crippen molar-refractivity contribution in [1.29, 1.82) is 5.26 Å². The van der Waals surface area contributed by atoms with Crippen LogP contribution in [0.5, 0.6) is 5.75 Å². The molecule has 1 unspecified atom stereocenters. The number of nitrogens with one attached hydrogen (secondary N) is 1. The van der Waals surface area contributed by atoms with Crippen LogP contribution < -0.4 is 10.1 Å². The van der Waals surface area contributed by atoms with Gasteiger partial charge in [0.2, 0.25) is 0 Å². The van der Waals surface area contributed by atoms with Gasteiger partial charge in [-0.05, 0) is 68.9 Å². The van der Waals surface area contributed by atoms with E-state index in [4.69, 9.17) is 14.0 Å². The van der Waals surface area contributed by atoms with Crippen molar-refractivity contribution in [2.24, 2.45) is 5.92 Å². The van der Waals surface area contributed by atoms with E-state index in [0.717, 1.165) is 41.0 Å². The lowest BCUT2D eigenvalue weighted by atomic mass is 9.89. The van der Waals surface area contributed by atoms with Crippen molar-refractivity contribution in [3.63, 3.8) is 0 Å². The summed E-state index contributed by atoms with van der Waals surface area (Å²) in [6.45, 7) is 5.72. The average Bonchev–Trinajstić information content (AvgIpc) is 3.33. The standard InChI is InChI=1S/C25H25N3O5S/c1-14-4-9-19-20(11-26)24(34-22(19)10-14)27-23(29)13-32-25(30)17-5-7-18(8-6-17)31-12-21-15(2)28-33-16(21)3/h5-8,14H,4,9-10,12-13H2,1-3H3,(H,27,29). The molecule has 1 aromatic carbocycles. The number of benzene rings is 1. The Morgan fingerprint density at radius 2 is 2.06 bits per heavy atom.